The standard InChI is InChI=1S/C14H16FNO3/c1-8-3-4-10(6-12(8)15)16-13(17)7-19-14(18)11-5-9(11)2/h3-4,6,9,11H,5,7H2,1-2H3,(H,16,17)/t9-,11+/m1/s1. The van der Waals surface area contributed by atoms with Crippen LogP contribution in [0.25, 0.3) is 0 Å². The molecule has 19 heavy (non-hydrogen) atoms. The molecule has 1 aromatic carbocycles. The Morgan fingerprint density at radius 3 is 2.74 bits per heavy atom. The van der Waals surface area contributed by atoms with Crippen LogP contribution in [-0.4, -0.2) is 18.5 Å². The van der Waals surface area contributed by atoms with Gasteiger partial charge >= 0.3 is 5.97 Å². The molecule has 0 radical (unpaired) electrons. The minimum Gasteiger partial charge on any atom is -0.455 e. The largest absolute Gasteiger partial charge is 0.455 e. The van der Waals surface area contributed by atoms with E-state index in [-0.39, 0.29) is 24.3 Å². The van der Waals surface area contributed by atoms with Crippen LogP contribution in [0.15, 0.2) is 18.2 Å². The number of ether oxygens (including phenoxy) is 1. The first-order chi connectivity index (χ1) is 8.97. The summed E-state index contributed by atoms with van der Waals surface area (Å²) in [5.74, 6) is -0.907. The average molecular weight is 265 g/mol. The Bertz CT molecular complexity index is 515. The highest BCUT2D eigenvalue weighted by Gasteiger charge is 2.40. The van der Waals surface area contributed by atoms with Crippen LogP contribution < -0.4 is 5.32 Å². The second kappa shape index (κ2) is 5.38. The minimum atomic E-state index is -0.468. The number of carbonyl (C=O) groups excluding carboxylic acids is 2. The summed E-state index contributed by atoms with van der Waals surface area (Å²) in [6.45, 7) is 3.26. The van der Waals surface area contributed by atoms with Crippen LogP contribution in [-0.2, 0) is 14.3 Å². The van der Waals surface area contributed by atoms with Gasteiger partial charge in [0.15, 0.2) is 6.61 Å². The maximum atomic E-state index is 13.3. The number of hydrogen-bond donors (Lipinski definition) is 1. The summed E-state index contributed by atoms with van der Waals surface area (Å²) < 4.78 is 18.1. The number of rotatable bonds is 4. The molecule has 2 atom stereocenters. The second-order valence-electron chi connectivity index (χ2n) is 4.94. The molecule has 5 heteroatoms. The Kier molecular flexibility index (Phi) is 3.83. The molecule has 0 aromatic heterocycles. The van der Waals surface area contributed by atoms with Crippen LogP contribution >= 0.6 is 0 Å². The van der Waals surface area contributed by atoms with Crippen molar-refractivity contribution in [1.29, 1.82) is 0 Å². The molecule has 0 bridgehead atoms. The number of hydrogen-bond acceptors (Lipinski definition) is 3. The number of amides is 1. The number of anilines is 1. The molecule has 102 valence electrons. The Morgan fingerprint density at radius 2 is 2.16 bits per heavy atom. The molecule has 0 aliphatic heterocycles. The van der Waals surface area contributed by atoms with Gasteiger partial charge in [-0.1, -0.05) is 13.0 Å². The summed E-state index contributed by atoms with van der Waals surface area (Å²) in [7, 11) is 0. The second-order valence-corrected chi connectivity index (χ2v) is 4.94. The van der Waals surface area contributed by atoms with Gasteiger partial charge in [0.05, 0.1) is 5.92 Å². The van der Waals surface area contributed by atoms with Gasteiger partial charge in [0.2, 0.25) is 0 Å². The molecule has 1 aliphatic carbocycles. The number of halogens is 1. The predicted molar refractivity (Wildman–Crippen MR) is 68.0 cm³/mol. The normalized spacial score (nSPS) is 20.8. The number of carbonyl (C=O) groups is 2. The zero-order valence-corrected chi connectivity index (χ0v) is 10.9. The SMILES string of the molecule is Cc1ccc(NC(=O)COC(=O)[C@H]2C[C@H]2C)cc1F. The number of aryl methyl sites for hydroxylation is 1. The summed E-state index contributed by atoms with van der Waals surface area (Å²) in [5.41, 5.74) is 0.857. The Labute approximate surface area is 110 Å². The average Bonchev–Trinajstić information content (AvgIpc) is 3.08. The molecule has 2 rings (SSSR count). The van der Waals surface area contributed by atoms with Gasteiger partial charge in [-0.2, -0.15) is 0 Å². The molecule has 1 N–H and O–H groups in total. The van der Waals surface area contributed by atoms with E-state index in [1.807, 2.05) is 6.92 Å². The summed E-state index contributed by atoms with van der Waals surface area (Å²) in [6.07, 6.45) is 0.823. The van der Waals surface area contributed by atoms with Crippen LogP contribution in [0.5, 0.6) is 0 Å². The van der Waals surface area contributed by atoms with Crippen LogP contribution in [0.4, 0.5) is 10.1 Å². The Morgan fingerprint density at radius 1 is 1.47 bits per heavy atom. The van der Waals surface area contributed by atoms with Crippen LogP contribution in [0.3, 0.4) is 0 Å². The van der Waals surface area contributed by atoms with E-state index >= 15 is 0 Å². The number of nitrogens with one attached hydrogen (secondary N) is 1. The van der Waals surface area contributed by atoms with Crippen molar-refractivity contribution in [3.8, 4) is 0 Å². The Balaban J connectivity index is 1.80. The van der Waals surface area contributed by atoms with Gasteiger partial charge in [-0.05, 0) is 37.0 Å². The molecule has 1 amide bonds. The highest BCUT2D eigenvalue weighted by atomic mass is 19.1. The Hall–Kier alpha value is -1.91. The van der Waals surface area contributed by atoms with Crippen molar-refractivity contribution in [2.45, 2.75) is 20.3 Å². The number of benzene rings is 1. The molecule has 1 aromatic rings. The fourth-order valence-corrected chi connectivity index (χ4v) is 1.76. The van der Waals surface area contributed by atoms with E-state index in [9.17, 15) is 14.0 Å². The summed E-state index contributed by atoms with van der Waals surface area (Å²) in [4.78, 5) is 22.9. The quantitative estimate of drug-likeness (QED) is 0.850. The first kappa shape index (κ1) is 13.5. The third kappa shape index (κ3) is 3.53. The van der Waals surface area contributed by atoms with Crippen molar-refractivity contribution in [1.82, 2.24) is 0 Å². The lowest BCUT2D eigenvalue weighted by molar-refractivity contribution is -0.148. The summed E-state index contributed by atoms with van der Waals surface area (Å²) >= 11 is 0. The van der Waals surface area contributed by atoms with E-state index in [0.717, 1.165) is 6.42 Å². The summed E-state index contributed by atoms with van der Waals surface area (Å²) in [6, 6.07) is 4.40. The van der Waals surface area contributed by atoms with Crippen LogP contribution in [0.1, 0.15) is 18.9 Å². The van der Waals surface area contributed by atoms with E-state index in [1.165, 1.54) is 6.07 Å². The fraction of sp³-hybridized carbons (Fsp3) is 0.429. The van der Waals surface area contributed by atoms with E-state index in [1.54, 1.807) is 19.1 Å². The lowest BCUT2D eigenvalue weighted by atomic mass is 10.2. The maximum absolute atomic E-state index is 13.3. The summed E-state index contributed by atoms with van der Waals surface area (Å²) in [5, 5.41) is 2.48. The van der Waals surface area contributed by atoms with E-state index in [0.29, 0.717) is 17.2 Å². The molecule has 1 aliphatic rings. The van der Waals surface area contributed by atoms with Crippen molar-refractivity contribution in [3.05, 3.63) is 29.6 Å². The molecule has 1 fully saturated rings. The zero-order valence-electron chi connectivity index (χ0n) is 10.9. The van der Waals surface area contributed by atoms with Gasteiger partial charge in [0.1, 0.15) is 5.82 Å². The van der Waals surface area contributed by atoms with Gasteiger partial charge in [-0.25, -0.2) is 4.39 Å². The van der Waals surface area contributed by atoms with E-state index in [2.05, 4.69) is 5.32 Å². The van der Waals surface area contributed by atoms with Gasteiger partial charge in [0.25, 0.3) is 5.91 Å². The first-order valence-corrected chi connectivity index (χ1v) is 6.20. The van der Waals surface area contributed by atoms with Gasteiger partial charge in [-0.15, -0.1) is 0 Å². The molecule has 0 heterocycles. The topological polar surface area (TPSA) is 55.4 Å². The van der Waals surface area contributed by atoms with Crippen molar-refractivity contribution in [3.63, 3.8) is 0 Å². The van der Waals surface area contributed by atoms with Crippen molar-refractivity contribution in [2.75, 3.05) is 11.9 Å². The monoisotopic (exact) mass is 265 g/mol. The molecule has 0 unspecified atom stereocenters. The van der Waals surface area contributed by atoms with E-state index < -0.39 is 5.91 Å². The number of esters is 1. The third-order valence-corrected chi connectivity index (χ3v) is 3.21. The fourth-order valence-electron chi connectivity index (χ4n) is 1.76. The molecule has 4 nitrogen and oxygen atoms in total. The van der Waals surface area contributed by atoms with Gasteiger partial charge in [-0.3, -0.25) is 9.59 Å². The lowest BCUT2D eigenvalue weighted by Crippen LogP contribution is -2.21. The van der Waals surface area contributed by atoms with Crippen LogP contribution in [0, 0.1) is 24.6 Å². The van der Waals surface area contributed by atoms with Crippen LogP contribution in [0.2, 0.25) is 0 Å². The maximum Gasteiger partial charge on any atom is 0.309 e. The third-order valence-electron chi connectivity index (χ3n) is 3.21. The highest BCUT2D eigenvalue weighted by molar-refractivity contribution is 5.93. The lowest BCUT2D eigenvalue weighted by Gasteiger charge is -2.07. The van der Waals surface area contributed by atoms with Gasteiger partial charge in [0, 0.05) is 5.69 Å². The van der Waals surface area contributed by atoms with Crippen molar-refractivity contribution < 1.29 is 18.7 Å². The molecular formula is C14H16FNO3. The predicted octanol–water partition coefficient (Wildman–Crippen LogP) is 2.27. The smallest absolute Gasteiger partial charge is 0.309 e. The molecule has 1 saturated carbocycles. The van der Waals surface area contributed by atoms with Crippen molar-refractivity contribution >= 4 is 17.6 Å². The minimum absolute atomic E-state index is 0.0652. The molecular weight excluding hydrogens is 249 g/mol. The molecule has 0 saturated heterocycles. The van der Waals surface area contributed by atoms with Crippen molar-refractivity contribution in [2.24, 2.45) is 11.8 Å². The highest BCUT2D eigenvalue weighted by Crippen LogP contribution is 2.38. The first-order valence-electron chi connectivity index (χ1n) is 6.20. The van der Waals surface area contributed by atoms with E-state index in [4.69, 9.17) is 4.74 Å². The molecule has 0 spiro atoms. The van der Waals surface area contributed by atoms with Gasteiger partial charge < -0.3 is 10.1 Å². The zero-order chi connectivity index (χ0) is 14.0.